The standard InChI is InChI=1S/C11H17N5O2/c1-3-12-11-14-9-8(7-13-16-9)10(15-11)18-6-4-5-17-2/h7H,3-6H2,1-2H3,(H2,12,13,14,15,16). The molecule has 0 radical (unpaired) electrons. The first-order valence-corrected chi connectivity index (χ1v) is 5.92. The van der Waals surface area contributed by atoms with Crippen LogP contribution in [0.4, 0.5) is 5.95 Å². The summed E-state index contributed by atoms with van der Waals surface area (Å²) in [6.45, 7) is 3.96. The highest BCUT2D eigenvalue weighted by atomic mass is 16.5. The van der Waals surface area contributed by atoms with E-state index in [1.165, 1.54) is 0 Å². The molecule has 0 saturated carbocycles. The predicted octanol–water partition coefficient (Wildman–Crippen LogP) is 1.20. The van der Waals surface area contributed by atoms with Crippen molar-refractivity contribution >= 4 is 17.0 Å². The average molecular weight is 251 g/mol. The maximum atomic E-state index is 5.64. The summed E-state index contributed by atoms with van der Waals surface area (Å²) in [7, 11) is 1.67. The summed E-state index contributed by atoms with van der Waals surface area (Å²) < 4.78 is 10.6. The van der Waals surface area contributed by atoms with Crippen molar-refractivity contribution in [1.29, 1.82) is 0 Å². The molecule has 0 atom stereocenters. The molecule has 7 nitrogen and oxygen atoms in total. The van der Waals surface area contributed by atoms with Crippen LogP contribution in [0.2, 0.25) is 0 Å². The molecule has 0 saturated heterocycles. The van der Waals surface area contributed by atoms with Gasteiger partial charge in [-0.3, -0.25) is 5.10 Å². The Hall–Kier alpha value is -1.89. The molecule has 7 heteroatoms. The van der Waals surface area contributed by atoms with Gasteiger partial charge in [-0.15, -0.1) is 0 Å². The molecule has 0 unspecified atom stereocenters. The largest absolute Gasteiger partial charge is 0.477 e. The van der Waals surface area contributed by atoms with Crippen LogP contribution in [-0.2, 0) is 4.74 Å². The lowest BCUT2D eigenvalue weighted by molar-refractivity contribution is 0.171. The molecular formula is C11H17N5O2. The van der Waals surface area contributed by atoms with Crippen LogP contribution < -0.4 is 10.1 Å². The Kier molecular flexibility index (Phi) is 4.30. The SMILES string of the molecule is CCNc1nc(OCCCOC)c2cn[nH]c2n1. The summed E-state index contributed by atoms with van der Waals surface area (Å²) in [5.74, 6) is 1.08. The number of aromatic amines is 1. The van der Waals surface area contributed by atoms with Gasteiger partial charge in [0.05, 0.1) is 12.8 Å². The topological polar surface area (TPSA) is 85.0 Å². The summed E-state index contributed by atoms with van der Waals surface area (Å²) >= 11 is 0. The van der Waals surface area contributed by atoms with Crippen LogP contribution in [0.25, 0.3) is 11.0 Å². The van der Waals surface area contributed by atoms with Gasteiger partial charge in [-0.2, -0.15) is 15.1 Å². The molecule has 2 rings (SSSR count). The molecule has 0 spiro atoms. The summed E-state index contributed by atoms with van der Waals surface area (Å²) in [6.07, 6.45) is 2.48. The van der Waals surface area contributed by atoms with Gasteiger partial charge < -0.3 is 14.8 Å². The van der Waals surface area contributed by atoms with E-state index in [1.54, 1.807) is 13.3 Å². The summed E-state index contributed by atoms with van der Waals surface area (Å²) in [5.41, 5.74) is 0.669. The third-order valence-corrected chi connectivity index (χ3v) is 2.34. The van der Waals surface area contributed by atoms with Crippen molar-refractivity contribution in [2.24, 2.45) is 0 Å². The molecule has 0 aromatic carbocycles. The number of aromatic nitrogens is 4. The van der Waals surface area contributed by atoms with Crippen LogP contribution in [0.15, 0.2) is 6.20 Å². The van der Waals surface area contributed by atoms with E-state index in [4.69, 9.17) is 9.47 Å². The normalized spacial score (nSPS) is 10.8. The van der Waals surface area contributed by atoms with Crippen LogP contribution in [0.3, 0.4) is 0 Å². The number of anilines is 1. The minimum atomic E-state index is 0.538. The van der Waals surface area contributed by atoms with Crippen molar-refractivity contribution < 1.29 is 9.47 Å². The van der Waals surface area contributed by atoms with Gasteiger partial charge in [-0.05, 0) is 6.92 Å². The van der Waals surface area contributed by atoms with Crippen LogP contribution in [0.5, 0.6) is 5.88 Å². The smallest absolute Gasteiger partial charge is 0.229 e. The van der Waals surface area contributed by atoms with Crippen molar-refractivity contribution in [1.82, 2.24) is 20.2 Å². The van der Waals surface area contributed by atoms with E-state index in [2.05, 4.69) is 25.5 Å². The molecule has 18 heavy (non-hydrogen) atoms. The number of hydrogen-bond acceptors (Lipinski definition) is 6. The van der Waals surface area contributed by atoms with E-state index < -0.39 is 0 Å². The van der Waals surface area contributed by atoms with Crippen molar-refractivity contribution in [3.63, 3.8) is 0 Å². The van der Waals surface area contributed by atoms with Crippen molar-refractivity contribution in [3.05, 3.63) is 6.20 Å². The highest BCUT2D eigenvalue weighted by Gasteiger charge is 2.10. The zero-order chi connectivity index (χ0) is 12.8. The third-order valence-electron chi connectivity index (χ3n) is 2.34. The van der Waals surface area contributed by atoms with E-state index in [9.17, 15) is 0 Å². The maximum Gasteiger partial charge on any atom is 0.229 e. The molecule has 0 bridgehead atoms. The fourth-order valence-electron chi connectivity index (χ4n) is 1.53. The molecule has 2 aromatic rings. The first kappa shape index (κ1) is 12.6. The number of H-pyrrole nitrogens is 1. The lowest BCUT2D eigenvalue weighted by Crippen LogP contribution is -2.07. The lowest BCUT2D eigenvalue weighted by Gasteiger charge is -2.08. The van der Waals surface area contributed by atoms with E-state index in [0.29, 0.717) is 30.7 Å². The van der Waals surface area contributed by atoms with Gasteiger partial charge in [-0.25, -0.2) is 0 Å². The number of rotatable bonds is 7. The van der Waals surface area contributed by atoms with Gasteiger partial charge in [0.1, 0.15) is 5.39 Å². The second kappa shape index (κ2) is 6.15. The van der Waals surface area contributed by atoms with E-state index in [1.807, 2.05) is 6.92 Å². The third kappa shape index (κ3) is 2.86. The molecule has 2 N–H and O–H groups in total. The molecule has 98 valence electrons. The van der Waals surface area contributed by atoms with Gasteiger partial charge in [-0.1, -0.05) is 0 Å². The fraction of sp³-hybridized carbons (Fsp3) is 0.545. The lowest BCUT2D eigenvalue weighted by atomic mass is 10.4. The van der Waals surface area contributed by atoms with Crippen LogP contribution in [0.1, 0.15) is 13.3 Å². The van der Waals surface area contributed by atoms with Gasteiger partial charge >= 0.3 is 0 Å². The Bertz CT molecular complexity index is 499. The monoisotopic (exact) mass is 251 g/mol. The Morgan fingerprint density at radius 3 is 3.00 bits per heavy atom. The number of nitrogens with zero attached hydrogens (tertiary/aromatic N) is 3. The van der Waals surface area contributed by atoms with Gasteiger partial charge in [0.2, 0.25) is 11.8 Å². The Morgan fingerprint density at radius 2 is 2.22 bits per heavy atom. The summed E-state index contributed by atoms with van der Waals surface area (Å²) in [4.78, 5) is 8.60. The predicted molar refractivity (Wildman–Crippen MR) is 67.8 cm³/mol. The second-order valence-electron chi connectivity index (χ2n) is 3.71. The Morgan fingerprint density at radius 1 is 1.33 bits per heavy atom. The van der Waals surface area contributed by atoms with Crippen LogP contribution in [0, 0.1) is 0 Å². The van der Waals surface area contributed by atoms with Crippen molar-refractivity contribution in [3.8, 4) is 5.88 Å². The molecule has 2 aromatic heterocycles. The first-order chi connectivity index (χ1) is 8.85. The molecule has 0 amide bonds. The summed E-state index contributed by atoms with van der Waals surface area (Å²) in [6, 6.07) is 0. The molecule has 0 aliphatic rings. The number of ether oxygens (including phenoxy) is 2. The molecule has 0 fully saturated rings. The zero-order valence-corrected chi connectivity index (χ0v) is 10.6. The number of fused-ring (bicyclic) bond motifs is 1. The molecular weight excluding hydrogens is 234 g/mol. The van der Waals surface area contributed by atoms with Gasteiger partial charge in [0.15, 0.2) is 5.65 Å². The number of hydrogen-bond donors (Lipinski definition) is 2. The van der Waals surface area contributed by atoms with Crippen LogP contribution >= 0.6 is 0 Å². The first-order valence-electron chi connectivity index (χ1n) is 5.92. The Balaban J connectivity index is 2.15. The van der Waals surface area contributed by atoms with E-state index in [-0.39, 0.29) is 0 Å². The van der Waals surface area contributed by atoms with Crippen molar-refractivity contribution in [2.75, 3.05) is 32.2 Å². The fourth-order valence-corrected chi connectivity index (χ4v) is 1.53. The average Bonchev–Trinajstić information content (AvgIpc) is 2.83. The number of nitrogens with one attached hydrogen (secondary N) is 2. The minimum Gasteiger partial charge on any atom is -0.477 e. The van der Waals surface area contributed by atoms with Crippen molar-refractivity contribution in [2.45, 2.75) is 13.3 Å². The Labute approximate surface area is 105 Å². The second-order valence-corrected chi connectivity index (χ2v) is 3.71. The van der Waals surface area contributed by atoms with Crippen LogP contribution in [-0.4, -0.2) is 47.0 Å². The quantitative estimate of drug-likeness (QED) is 0.719. The molecule has 0 aliphatic heterocycles. The highest BCUT2D eigenvalue weighted by molar-refractivity contribution is 5.80. The minimum absolute atomic E-state index is 0.538. The molecule has 2 heterocycles. The number of methoxy groups -OCH3 is 1. The van der Waals surface area contributed by atoms with Gasteiger partial charge in [0.25, 0.3) is 0 Å². The van der Waals surface area contributed by atoms with Gasteiger partial charge in [0, 0.05) is 26.7 Å². The zero-order valence-electron chi connectivity index (χ0n) is 10.6. The maximum absolute atomic E-state index is 5.64. The van der Waals surface area contributed by atoms with E-state index in [0.717, 1.165) is 18.4 Å². The highest BCUT2D eigenvalue weighted by Crippen LogP contribution is 2.22. The summed E-state index contributed by atoms with van der Waals surface area (Å²) in [5, 5.41) is 10.6. The van der Waals surface area contributed by atoms with E-state index >= 15 is 0 Å². The molecule has 0 aliphatic carbocycles.